The minimum atomic E-state index is -0.695. The maximum absolute atomic E-state index is 12.5. The number of benzene rings is 1. The monoisotopic (exact) mass is 221 g/mol. The summed E-state index contributed by atoms with van der Waals surface area (Å²) in [6, 6.07) is 4.43. The van der Waals surface area contributed by atoms with Crippen LogP contribution in [0.25, 0.3) is 0 Å². The van der Waals surface area contributed by atoms with Gasteiger partial charge in [0.1, 0.15) is 5.82 Å². The molecule has 2 amide bonds. The number of halogens is 1. The summed E-state index contributed by atoms with van der Waals surface area (Å²) in [5, 5.41) is 21.5. The highest BCUT2D eigenvalue weighted by Gasteiger charge is 2.03. The summed E-state index contributed by atoms with van der Waals surface area (Å²) < 4.78 is 12.5. The molecule has 0 saturated heterocycles. The fourth-order valence-electron chi connectivity index (χ4n) is 0.896. The minimum absolute atomic E-state index is 0.378. The van der Waals surface area contributed by atoms with Crippen molar-refractivity contribution in [3.63, 3.8) is 0 Å². The van der Waals surface area contributed by atoms with Crippen molar-refractivity contribution in [2.24, 2.45) is 0 Å². The zero-order valence-electron chi connectivity index (χ0n) is 8.04. The quantitative estimate of drug-likeness (QED) is 0.246. The number of nitrogens with zero attached hydrogens (tertiary/aromatic N) is 1. The van der Waals surface area contributed by atoms with Crippen molar-refractivity contribution < 1.29 is 9.18 Å². The fraction of sp³-hybridized carbons (Fsp3) is 0. The van der Waals surface area contributed by atoms with Crippen LogP contribution < -0.4 is 16.0 Å². The predicted octanol–water partition coefficient (Wildman–Crippen LogP) is 0.953. The average Bonchev–Trinajstić information content (AvgIpc) is 2.21. The van der Waals surface area contributed by atoms with Gasteiger partial charge in [-0.05, 0) is 24.3 Å². The van der Waals surface area contributed by atoms with Crippen LogP contribution in [0.15, 0.2) is 24.3 Å². The second kappa shape index (κ2) is 5.31. The van der Waals surface area contributed by atoms with E-state index in [0.29, 0.717) is 5.69 Å². The second-order valence-corrected chi connectivity index (χ2v) is 2.70. The molecule has 4 N–H and O–H groups in total. The van der Waals surface area contributed by atoms with Crippen LogP contribution in [-0.2, 0) is 0 Å². The normalized spacial score (nSPS) is 8.75. The average molecular weight is 221 g/mol. The Balaban J connectivity index is 2.49. The zero-order chi connectivity index (χ0) is 12.0. The van der Waals surface area contributed by atoms with E-state index in [1.807, 2.05) is 10.6 Å². The Kier molecular flexibility index (Phi) is 3.80. The largest absolute Gasteiger partial charge is 0.326 e. The van der Waals surface area contributed by atoms with Gasteiger partial charge in [0.2, 0.25) is 5.96 Å². The van der Waals surface area contributed by atoms with Gasteiger partial charge >= 0.3 is 6.03 Å². The number of nitrogens with one attached hydrogen (secondary N) is 4. The molecule has 0 aliphatic carbocycles. The Hall–Kier alpha value is -2.62. The number of hydrogen-bond donors (Lipinski definition) is 4. The van der Waals surface area contributed by atoms with Gasteiger partial charge in [-0.1, -0.05) is 0 Å². The van der Waals surface area contributed by atoms with E-state index in [-0.39, 0.29) is 0 Å². The molecule has 0 bridgehead atoms. The van der Waals surface area contributed by atoms with Crippen molar-refractivity contribution in [3.05, 3.63) is 30.1 Å². The molecule has 0 atom stereocenters. The summed E-state index contributed by atoms with van der Waals surface area (Å²) in [4.78, 5) is 11.2. The Bertz CT molecular complexity index is 436. The third kappa shape index (κ3) is 3.63. The molecule has 0 aliphatic rings. The van der Waals surface area contributed by atoms with E-state index in [1.54, 1.807) is 0 Å². The molecule has 0 aromatic heterocycles. The first-order valence-electron chi connectivity index (χ1n) is 4.19. The molecule has 0 spiro atoms. The number of carbonyl (C=O) groups excluding carboxylic acids is 1. The molecule has 0 unspecified atom stereocenters. The fourth-order valence-corrected chi connectivity index (χ4v) is 0.896. The van der Waals surface area contributed by atoms with E-state index in [1.165, 1.54) is 30.5 Å². The van der Waals surface area contributed by atoms with Gasteiger partial charge in [-0.15, -0.1) is 0 Å². The standard InChI is InChI=1S/C9H8FN5O/c10-6-1-3-7(4-2-6)14-9(16)15-8(12)13-5-11/h1-4H,(H4,12,13,14,15,16). The SMILES string of the molecule is N#CNC(=N)NC(=O)Nc1ccc(F)cc1. The number of guanidine groups is 1. The van der Waals surface area contributed by atoms with E-state index >= 15 is 0 Å². The summed E-state index contributed by atoms with van der Waals surface area (Å²) in [5.74, 6) is -0.855. The Morgan fingerprint density at radius 3 is 2.56 bits per heavy atom. The number of rotatable bonds is 1. The van der Waals surface area contributed by atoms with Crippen LogP contribution in [0.2, 0.25) is 0 Å². The number of urea groups is 1. The van der Waals surface area contributed by atoms with Gasteiger partial charge in [-0.3, -0.25) is 16.0 Å². The summed E-state index contributed by atoms with van der Waals surface area (Å²) in [7, 11) is 0. The highest BCUT2D eigenvalue weighted by atomic mass is 19.1. The minimum Gasteiger partial charge on any atom is -0.308 e. The van der Waals surface area contributed by atoms with E-state index in [4.69, 9.17) is 10.7 Å². The van der Waals surface area contributed by atoms with Crippen molar-refractivity contribution in [1.82, 2.24) is 10.6 Å². The lowest BCUT2D eigenvalue weighted by molar-refractivity contribution is 0.256. The Labute approximate surface area is 90.6 Å². The van der Waals surface area contributed by atoms with E-state index in [0.717, 1.165) is 0 Å². The number of hydrogen-bond acceptors (Lipinski definition) is 3. The van der Waals surface area contributed by atoms with E-state index in [2.05, 4.69) is 5.32 Å². The van der Waals surface area contributed by atoms with Gasteiger partial charge in [0, 0.05) is 5.69 Å². The highest BCUT2D eigenvalue weighted by Crippen LogP contribution is 2.07. The first kappa shape index (κ1) is 11.5. The van der Waals surface area contributed by atoms with Crippen LogP contribution in [-0.4, -0.2) is 12.0 Å². The number of nitriles is 1. The van der Waals surface area contributed by atoms with Crippen LogP contribution in [0.5, 0.6) is 0 Å². The van der Waals surface area contributed by atoms with Crippen molar-refractivity contribution in [3.8, 4) is 6.19 Å². The molecule has 0 radical (unpaired) electrons. The topological polar surface area (TPSA) is 101 Å². The van der Waals surface area contributed by atoms with Gasteiger partial charge in [0.25, 0.3) is 0 Å². The molecular formula is C9H8FN5O. The second-order valence-electron chi connectivity index (χ2n) is 2.70. The van der Waals surface area contributed by atoms with Crippen LogP contribution in [0.3, 0.4) is 0 Å². The zero-order valence-corrected chi connectivity index (χ0v) is 8.04. The maximum Gasteiger partial charge on any atom is 0.326 e. The van der Waals surface area contributed by atoms with E-state index < -0.39 is 17.8 Å². The van der Waals surface area contributed by atoms with E-state index in [9.17, 15) is 9.18 Å². The summed E-state index contributed by atoms with van der Waals surface area (Å²) in [5.41, 5.74) is 0.378. The van der Waals surface area contributed by atoms with Crippen molar-refractivity contribution in [2.45, 2.75) is 0 Å². The number of carbonyl (C=O) groups is 1. The van der Waals surface area contributed by atoms with Crippen LogP contribution in [0, 0.1) is 22.7 Å². The van der Waals surface area contributed by atoms with Crippen LogP contribution >= 0.6 is 0 Å². The molecule has 1 rings (SSSR count). The third-order valence-electron chi connectivity index (χ3n) is 1.52. The third-order valence-corrected chi connectivity index (χ3v) is 1.52. The molecule has 6 nitrogen and oxygen atoms in total. The van der Waals surface area contributed by atoms with Gasteiger partial charge in [0.05, 0.1) is 0 Å². The molecule has 1 aromatic rings. The predicted molar refractivity (Wildman–Crippen MR) is 55.0 cm³/mol. The van der Waals surface area contributed by atoms with Crippen molar-refractivity contribution in [2.75, 3.05) is 5.32 Å². The lowest BCUT2D eigenvalue weighted by atomic mass is 10.3. The smallest absolute Gasteiger partial charge is 0.308 e. The molecular weight excluding hydrogens is 213 g/mol. The van der Waals surface area contributed by atoms with Gasteiger partial charge in [0.15, 0.2) is 6.19 Å². The number of amides is 2. The molecule has 0 heterocycles. The Morgan fingerprint density at radius 1 is 1.38 bits per heavy atom. The molecule has 0 aliphatic heterocycles. The number of anilines is 1. The molecule has 82 valence electrons. The van der Waals surface area contributed by atoms with Crippen molar-refractivity contribution >= 4 is 17.7 Å². The van der Waals surface area contributed by atoms with Crippen LogP contribution in [0.4, 0.5) is 14.9 Å². The summed E-state index contributed by atoms with van der Waals surface area (Å²) >= 11 is 0. The van der Waals surface area contributed by atoms with Gasteiger partial charge in [-0.25, -0.2) is 9.18 Å². The van der Waals surface area contributed by atoms with Gasteiger partial charge in [-0.2, -0.15) is 5.26 Å². The molecule has 7 heteroatoms. The molecule has 0 fully saturated rings. The lowest BCUT2D eigenvalue weighted by Crippen LogP contribution is -2.40. The summed E-state index contributed by atoms with van der Waals surface area (Å²) in [6.07, 6.45) is 1.48. The first-order chi connectivity index (χ1) is 7.61. The van der Waals surface area contributed by atoms with Crippen molar-refractivity contribution in [1.29, 1.82) is 10.7 Å². The van der Waals surface area contributed by atoms with Gasteiger partial charge < -0.3 is 5.32 Å². The molecule has 1 aromatic carbocycles. The first-order valence-corrected chi connectivity index (χ1v) is 4.19. The Morgan fingerprint density at radius 2 is 2.00 bits per heavy atom. The van der Waals surface area contributed by atoms with Crippen LogP contribution in [0.1, 0.15) is 0 Å². The maximum atomic E-state index is 12.5. The molecule has 16 heavy (non-hydrogen) atoms. The highest BCUT2D eigenvalue weighted by molar-refractivity contribution is 6.01. The summed E-state index contributed by atoms with van der Waals surface area (Å²) in [6.45, 7) is 0. The molecule has 0 saturated carbocycles. The lowest BCUT2D eigenvalue weighted by Gasteiger charge is -2.06.